The molecule has 0 spiro atoms. The number of anilines is 1. The van der Waals surface area contributed by atoms with Crippen LogP contribution in [0.3, 0.4) is 0 Å². The Labute approximate surface area is 122 Å². The van der Waals surface area contributed by atoms with E-state index in [1.165, 1.54) is 12.1 Å². The highest BCUT2D eigenvalue weighted by Gasteiger charge is 2.30. The molecule has 1 atom stereocenters. The number of carbonyl (C=O) groups excluding carboxylic acids is 1. The smallest absolute Gasteiger partial charge is 0.374 e. The molecule has 3 nitrogen and oxygen atoms in total. The molecule has 0 saturated heterocycles. The van der Waals surface area contributed by atoms with E-state index in [-0.39, 0.29) is 5.91 Å². The number of hydrogen-bond donors (Lipinski definition) is 2. The number of carbonyl (C=O) groups is 1. The standard InChI is InChI=1S/C15H21F3N2O/c1-10(2)8-9-19-14(21)11(3)20-13-6-4-12(5-7-13)15(16,17)18/h4-7,10-11,20H,8-9H2,1-3H3,(H,19,21). The van der Waals surface area contributed by atoms with E-state index >= 15 is 0 Å². The van der Waals surface area contributed by atoms with Gasteiger partial charge in [-0.3, -0.25) is 4.79 Å². The van der Waals surface area contributed by atoms with Crippen molar-refractivity contribution in [2.45, 2.75) is 39.4 Å². The Bertz CT molecular complexity index is 455. The van der Waals surface area contributed by atoms with Crippen LogP contribution in [0.4, 0.5) is 18.9 Å². The Morgan fingerprint density at radius 3 is 2.19 bits per heavy atom. The summed E-state index contributed by atoms with van der Waals surface area (Å²) in [6, 6.07) is 4.12. The number of halogens is 3. The van der Waals surface area contributed by atoms with E-state index in [1.54, 1.807) is 6.92 Å². The predicted molar refractivity (Wildman–Crippen MR) is 77.0 cm³/mol. The van der Waals surface area contributed by atoms with Crippen molar-refractivity contribution in [2.75, 3.05) is 11.9 Å². The second-order valence-electron chi connectivity index (χ2n) is 5.41. The number of hydrogen-bond acceptors (Lipinski definition) is 2. The average Bonchev–Trinajstić information content (AvgIpc) is 2.37. The van der Waals surface area contributed by atoms with Crippen molar-refractivity contribution >= 4 is 11.6 Å². The molecule has 0 saturated carbocycles. The van der Waals surface area contributed by atoms with Crippen LogP contribution in [-0.4, -0.2) is 18.5 Å². The first-order valence-corrected chi connectivity index (χ1v) is 6.91. The number of rotatable bonds is 6. The van der Waals surface area contributed by atoms with Gasteiger partial charge in [-0.1, -0.05) is 13.8 Å². The van der Waals surface area contributed by atoms with Crippen LogP contribution in [0.2, 0.25) is 0 Å². The molecule has 1 aromatic carbocycles. The van der Waals surface area contributed by atoms with Crippen LogP contribution in [-0.2, 0) is 11.0 Å². The molecule has 0 fully saturated rings. The molecular weight excluding hydrogens is 281 g/mol. The van der Waals surface area contributed by atoms with E-state index in [0.29, 0.717) is 18.2 Å². The minimum Gasteiger partial charge on any atom is -0.374 e. The van der Waals surface area contributed by atoms with Crippen LogP contribution in [0.5, 0.6) is 0 Å². The molecule has 0 bridgehead atoms. The molecular formula is C15H21F3N2O. The van der Waals surface area contributed by atoms with Gasteiger partial charge in [0.1, 0.15) is 6.04 Å². The lowest BCUT2D eigenvalue weighted by atomic mass is 10.1. The highest BCUT2D eigenvalue weighted by Crippen LogP contribution is 2.29. The summed E-state index contributed by atoms with van der Waals surface area (Å²) in [5.41, 5.74) is -0.225. The molecule has 0 aliphatic carbocycles. The molecule has 0 radical (unpaired) electrons. The fourth-order valence-electron chi connectivity index (χ4n) is 1.71. The first kappa shape index (κ1) is 17.3. The SMILES string of the molecule is CC(C)CCNC(=O)C(C)Nc1ccc(C(F)(F)F)cc1. The van der Waals surface area contributed by atoms with E-state index in [0.717, 1.165) is 18.6 Å². The molecule has 1 unspecified atom stereocenters. The monoisotopic (exact) mass is 302 g/mol. The Kier molecular flexibility index (Phi) is 6.05. The number of nitrogens with one attached hydrogen (secondary N) is 2. The van der Waals surface area contributed by atoms with Gasteiger partial charge in [0.25, 0.3) is 0 Å². The molecule has 1 rings (SSSR count). The molecule has 21 heavy (non-hydrogen) atoms. The van der Waals surface area contributed by atoms with Crippen LogP contribution in [0, 0.1) is 5.92 Å². The number of alkyl halides is 3. The Balaban J connectivity index is 2.50. The summed E-state index contributed by atoms with van der Waals surface area (Å²) in [5, 5.41) is 5.67. The summed E-state index contributed by atoms with van der Waals surface area (Å²) < 4.78 is 37.3. The van der Waals surface area contributed by atoms with E-state index < -0.39 is 17.8 Å². The third kappa shape index (κ3) is 6.06. The van der Waals surface area contributed by atoms with Gasteiger partial charge in [-0.15, -0.1) is 0 Å². The fraction of sp³-hybridized carbons (Fsp3) is 0.533. The van der Waals surface area contributed by atoms with Crippen LogP contribution >= 0.6 is 0 Å². The van der Waals surface area contributed by atoms with E-state index in [2.05, 4.69) is 24.5 Å². The maximum absolute atomic E-state index is 12.4. The maximum atomic E-state index is 12.4. The Hall–Kier alpha value is -1.72. The lowest BCUT2D eigenvalue weighted by Gasteiger charge is -2.16. The predicted octanol–water partition coefficient (Wildman–Crippen LogP) is 3.67. The lowest BCUT2D eigenvalue weighted by molar-refractivity contribution is -0.137. The van der Waals surface area contributed by atoms with Crippen molar-refractivity contribution in [1.29, 1.82) is 0 Å². The summed E-state index contributed by atoms with van der Waals surface area (Å²) in [7, 11) is 0. The summed E-state index contributed by atoms with van der Waals surface area (Å²) in [6.45, 7) is 6.39. The van der Waals surface area contributed by atoms with E-state index in [9.17, 15) is 18.0 Å². The van der Waals surface area contributed by atoms with Gasteiger partial charge in [0.05, 0.1) is 5.56 Å². The third-order valence-corrected chi connectivity index (χ3v) is 3.01. The molecule has 0 aliphatic heterocycles. The highest BCUT2D eigenvalue weighted by atomic mass is 19.4. The zero-order chi connectivity index (χ0) is 16.0. The van der Waals surface area contributed by atoms with Crippen LogP contribution < -0.4 is 10.6 Å². The van der Waals surface area contributed by atoms with Crippen molar-refractivity contribution in [3.8, 4) is 0 Å². The van der Waals surface area contributed by atoms with Gasteiger partial charge in [-0.05, 0) is 43.5 Å². The number of benzene rings is 1. The first-order chi connectivity index (χ1) is 9.70. The Morgan fingerprint density at radius 1 is 1.14 bits per heavy atom. The van der Waals surface area contributed by atoms with Crippen molar-refractivity contribution < 1.29 is 18.0 Å². The van der Waals surface area contributed by atoms with Crippen LogP contribution in [0.15, 0.2) is 24.3 Å². The van der Waals surface area contributed by atoms with Crippen molar-refractivity contribution in [2.24, 2.45) is 5.92 Å². The molecule has 0 heterocycles. The minimum atomic E-state index is -4.35. The highest BCUT2D eigenvalue weighted by molar-refractivity contribution is 5.84. The maximum Gasteiger partial charge on any atom is 0.416 e. The second-order valence-corrected chi connectivity index (χ2v) is 5.41. The molecule has 118 valence electrons. The van der Waals surface area contributed by atoms with Gasteiger partial charge < -0.3 is 10.6 Å². The Morgan fingerprint density at radius 2 is 1.71 bits per heavy atom. The summed E-state index contributed by atoms with van der Waals surface area (Å²) in [5.74, 6) is 0.332. The molecule has 0 aliphatic rings. The zero-order valence-corrected chi connectivity index (χ0v) is 12.4. The quantitative estimate of drug-likeness (QED) is 0.842. The lowest BCUT2D eigenvalue weighted by Crippen LogP contribution is -2.38. The van der Waals surface area contributed by atoms with Crippen molar-refractivity contribution in [1.82, 2.24) is 5.32 Å². The van der Waals surface area contributed by atoms with Crippen LogP contribution in [0.25, 0.3) is 0 Å². The van der Waals surface area contributed by atoms with Gasteiger partial charge in [-0.2, -0.15) is 13.2 Å². The van der Waals surface area contributed by atoms with Crippen molar-refractivity contribution in [3.05, 3.63) is 29.8 Å². The minimum absolute atomic E-state index is 0.171. The van der Waals surface area contributed by atoms with Gasteiger partial charge in [0, 0.05) is 12.2 Å². The molecule has 1 aromatic rings. The topological polar surface area (TPSA) is 41.1 Å². The number of amides is 1. The summed E-state index contributed by atoms with van der Waals surface area (Å²) in [4.78, 5) is 11.8. The average molecular weight is 302 g/mol. The molecule has 0 aromatic heterocycles. The van der Waals surface area contributed by atoms with E-state index in [1.807, 2.05) is 0 Å². The largest absolute Gasteiger partial charge is 0.416 e. The summed E-state index contributed by atoms with van der Waals surface area (Å²) in [6.07, 6.45) is -3.46. The van der Waals surface area contributed by atoms with Gasteiger partial charge in [0.2, 0.25) is 5.91 Å². The fourth-order valence-corrected chi connectivity index (χ4v) is 1.71. The molecule has 6 heteroatoms. The second kappa shape index (κ2) is 7.33. The van der Waals surface area contributed by atoms with Gasteiger partial charge >= 0.3 is 6.18 Å². The van der Waals surface area contributed by atoms with E-state index in [4.69, 9.17) is 0 Å². The summed E-state index contributed by atoms with van der Waals surface area (Å²) >= 11 is 0. The van der Waals surface area contributed by atoms with Gasteiger partial charge in [0.15, 0.2) is 0 Å². The third-order valence-electron chi connectivity index (χ3n) is 3.01. The van der Waals surface area contributed by atoms with Crippen LogP contribution in [0.1, 0.15) is 32.8 Å². The van der Waals surface area contributed by atoms with Crippen molar-refractivity contribution in [3.63, 3.8) is 0 Å². The molecule has 1 amide bonds. The zero-order valence-electron chi connectivity index (χ0n) is 12.4. The normalized spacial score (nSPS) is 13.1. The first-order valence-electron chi connectivity index (χ1n) is 6.91. The molecule has 2 N–H and O–H groups in total. The van der Waals surface area contributed by atoms with Gasteiger partial charge in [-0.25, -0.2) is 0 Å².